The Morgan fingerprint density at radius 2 is 1.93 bits per heavy atom. The highest BCUT2D eigenvalue weighted by Gasteiger charge is 2.01. The summed E-state index contributed by atoms with van der Waals surface area (Å²) in [6, 6.07) is 6.04. The van der Waals surface area contributed by atoms with Gasteiger partial charge in [0.2, 0.25) is 0 Å². The van der Waals surface area contributed by atoms with Crippen molar-refractivity contribution in [3.8, 4) is 0 Å². The Hall–Kier alpha value is -2.10. The van der Waals surface area contributed by atoms with Crippen molar-refractivity contribution in [2.24, 2.45) is 0 Å². The Morgan fingerprint density at radius 1 is 1.21 bits per heavy atom. The molecule has 2 N–H and O–H groups in total. The maximum Gasteiger partial charge on any atom is 0.335 e. The average Bonchev–Trinajstić information content (AvgIpc) is 2.15. The molecule has 1 aromatic carbocycles. The molecule has 4 heteroatoms. The van der Waals surface area contributed by atoms with E-state index in [-0.39, 0.29) is 5.56 Å². The Labute approximate surface area is 80.1 Å². The number of hydrogen-bond acceptors (Lipinski definition) is 2. The van der Waals surface area contributed by atoms with Crippen LogP contribution in [0.1, 0.15) is 15.9 Å². The lowest BCUT2D eigenvalue weighted by molar-refractivity contribution is -0.131. The van der Waals surface area contributed by atoms with E-state index in [1.165, 1.54) is 18.2 Å². The van der Waals surface area contributed by atoms with Crippen LogP contribution in [0.2, 0.25) is 0 Å². The molecule has 0 amide bonds. The zero-order valence-corrected chi connectivity index (χ0v) is 7.18. The Balaban J connectivity index is 2.94. The first kappa shape index (κ1) is 9.98. The monoisotopic (exact) mass is 192 g/mol. The predicted molar refractivity (Wildman–Crippen MR) is 50.1 cm³/mol. The van der Waals surface area contributed by atoms with E-state index in [9.17, 15) is 9.59 Å². The van der Waals surface area contributed by atoms with Gasteiger partial charge in [-0.25, -0.2) is 9.59 Å². The van der Waals surface area contributed by atoms with Crippen LogP contribution in [0.5, 0.6) is 0 Å². The van der Waals surface area contributed by atoms with Gasteiger partial charge in [-0.05, 0) is 23.8 Å². The van der Waals surface area contributed by atoms with Gasteiger partial charge in [-0.1, -0.05) is 12.1 Å². The second-order valence-electron chi connectivity index (χ2n) is 2.60. The third kappa shape index (κ3) is 2.75. The second kappa shape index (κ2) is 4.23. The van der Waals surface area contributed by atoms with E-state index >= 15 is 0 Å². The number of carboxylic acids is 2. The van der Waals surface area contributed by atoms with E-state index < -0.39 is 11.9 Å². The molecule has 0 unspecified atom stereocenters. The van der Waals surface area contributed by atoms with Gasteiger partial charge in [0, 0.05) is 6.08 Å². The number of carboxylic acid groups (broad SMARTS) is 2. The first-order valence-corrected chi connectivity index (χ1v) is 3.84. The highest BCUT2D eigenvalue weighted by atomic mass is 16.4. The average molecular weight is 192 g/mol. The van der Waals surface area contributed by atoms with Crippen LogP contribution in [0.3, 0.4) is 0 Å². The molecule has 0 atom stereocenters. The van der Waals surface area contributed by atoms with E-state index in [1.54, 1.807) is 12.1 Å². The molecule has 0 saturated carbocycles. The summed E-state index contributed by atoms with van der Waals surface area (Å²) in [4.78, 5) is 20.7. The lowest BCUT2D eigenvalue weighted by atomic mass is 10.1. The van der Waals surface area contributed by atoms with E-state index in [0.717, 1.165) is 6.08 Å². The zero-order valence-electron chi connectivity index (χ0n) is 7.18. The molecule has 0 heterocycles. The summed E-state index contributed by atoms with van der Waals surface area (Å²) < 4.78 is 0. The van der Waals surface area contributed by atoms with E-state index in [0.29, 0.717) is 5.56 Å². The number of hydrogen-bond donors (Lipinski definition) is 2. The molecule has 0 aromatic heterocycles. The molecule has 1 aromatic rings. The highest BCUT2D eigenvalue weighted by Crippen LogP contribution is 2.06. The third-order valence-electron chi connectivity index (χ3n) is 1.55. The Morgan fingerprint density at radius 3 is 2.50 bits per heavy atom. The minimum Gasteiger partial charge on any atom is -0.478 e. The zero-order chi connectivity index (χ0) is 10.6. The smallest absolute Gasteiger partial charge is 0.335 e. The summed E-state index contributed by atoms with van der Waals surface area (Å²) in [5.41, 5.74) is 0.685. The van der Waals surface area contributed by atoms with Gasteiger partial charge in [-0.2, -0.15) is 0 Å². The lowest BCUT2D eigenvalue weighted by Gasteiger charge is -1.95. The van der Waals surface area contributed by atoms with Crippen molar-refractivity contribution < 1.29 is 19.8 Å². The van der Waals surface area contributed by atoms with Crippen LogP contribution >= 0.6 is 0 Å². The summed E-state index contributed by atoms with van der Waals surface area (Å²) in [5, 5.41) is 17.0. The first-order chi connectivity index (χ1) is 6.59. The topological polar surface area (TPSA) is 74.6 Å². The molecule has 0 saturated heterocycles. The summed E-state index contributed by atoms with van der Waals surface area (Å²) in [5.74, 6) is -2.10. The largest absolute Gasteiger partial charge is 0.478 e. The van der Waals surface area contributed by atoms with Crippen LogP contribution in [0.4, 0.5) is 0 Å². The molecule has 14 heavy (non-hydrogen) atoms. The van der Waals surface area contributed by atoms with Crippen LogP contribution in [0.25, 0.3) is 6.08 Å². The fraction of sp³-hybridized carbons (Fsp3) is 0. The molecule has 1 rings (SSSR count). The molecule has 0 aliphatic carbocycles. The number of benzene rings is 1. The molecular formula is C10H8O4. The van der Waals surface area contributed by atoms with Crippen LogP contribution in [-0.2, 0) is 4.79 Å². The van der Waals surface area contributed by atoms with Gasteiger partial charge in [0.25, 0.3) is 0 Å². The van der Waals surface area contributed by atoms with Crippen LogP contribution < -0.4 is 0 Å². The summed E-state index contributed by atoms with van der Waals surface area (Å²) in [6.45, 7) is 0. The van der Waals surface area contributed by atoms with Crippen molar-refractivity contribution in [2.75, 3.05) is 0 Å². The summed E-state index contributed by atoms with van der Waals surface area (Å²) in [6.07, 6.45) is 2.30. The maximum atomic E-state index is 10.6. The molecule has 0 bridgehead atoms. The molecule has 4 nitrogen and oxygen atoms in total. The number of aromatic carboxylic acids is 1. The van der Waals surface area contributed by atoms with Gasteiger partial charge in [-0.15, -0.1) is 0 Å². The van der Waals surface area contributed by atoms with Gasteiger partial charge in [-0.3, -0.25) is 0 Å². The summed E-state index contributed by atoms with van der Waals surface area (Å²) >= 11 is 0. The fourth-order valence-electron chi connectivity index (χ4n) is 0.943. The molecule has 0 fully saturated rings. The normalized spacial score (nSPS) is 10.3. The van der Waals surface area contributed by atoms with Gasteiger partial charge < -0.3 is 10.2 Å². The minimum absolute atomic E-state index is 0.137. The minimum atomic E-state index is -1.06. The van der Waals surface area contributed by atoms with E-state index in [1.807, 2.05) is 0 Å². The van der Waals surface area contributed by atoms with Gasteiger partial charge in [0.15, 0.2) is 0 Å². The maximum absolute atomic E-state index is 10.6. The van der Waals surface area contributed by atoms with Crippen molar-refractivity contribution in [3.05, 3.63) is 41.5 Å². The van der Waals surface area contributed by atoms with Crippen molar-refractivity contribution >= 4 is 18.0 Å². The van der Waals surface area contributed by atoms with Gasteiger partial charge in [0.05, 0.1) is 5.56 Å². The van der Waals surface area contributed by atoms with Crippen LogP contribution in [-0.4, -0.2) is 22.2 Å². The van der Waals surface area contributed by atoms with Crippen LogP contribution in [0.15, 0.2) is 30.3 Å². The molecule has 0 aliphatic rings. The first-order valence-electron chi connectivity index (χ1n) is 3.84. The van der Waals surface area contributed by atoms with Crippen molar-refractivity contribution in [3.63, 3.8) is 0 Å². The molecule has 0 radical (unpaired) electrons. The number of rotatable bonds is 3. The van der Waals surface area contributed by atoms with E-state index in [4.69, 9.17) is 10.2 Å². The number of carbonyl (C=O) groups is 2. The molecule has 72 valence electrons. The third-order valence-corrected chi connectivity index (χ3v) is 1.55. The Kier molecular flexibility index (Phi) is 3.01. The standard InChI is InChI=1S/C10H8O4/c11-9(12)5-4-7-2-1-3-8(6-7)10(13)14/h1-6H,(H,11,12)(H,13,14)/b5-4+. The fourth-order valence-corrected chi connectivity index (χ4v) is 0.943. The summed E-state index contributed by atoms with van der Waals surface area (Å²) in [7, 11) is 0. The van der Waals surface area contributed by atoms with Gasteiger partial charge >= 0.3 is 11.9 Å². The van der Waals surface area contributed by atoms with Gasteiger partial charge in [0.1, 0.15) is 0 Å². The van der Waals surface area contributed by atoms with Crippen molar-refractivity contribution in [1.82, 2.24) is 0 Å². The van der Waals surface area contributed by atoms with Crippen LogP contribution in [0, 0.1) is 0 Å². The highest BCUT2D eigenvalue weighted by molar-refractivity contribution is 5.89. The molecular weight excluding hydrogens is 184 g/mol. The SMILES string of the molecule is O=C(O)/C=C/c1cccc(C(=O)O)c1. The quantitative estimate of drug-likeness (QED) is 0.711. The van der Waals surface area contributed by atoms with E-state index in [2.05, 4.69) is 0 Å². The van der Waals surface area contributed by atoms with Crippen molar-refractivity contribution in [1.29, 1.82) is 0 Å². The Bertz CT molecular complexity index is 393. The number of aliphatic carboxylic acids is 1. The lowest BCUT2D eigenvalue weighted by Crippen LogP contribution is -1.95. The molecule has 0 spiro atoms. The molecule has 0 aliphatic heterocycles. The predicted octanol–water partition coefficient (Wildman–Crippen LogP) is 1.48. The van der Waals surface area contributed by atoms with Crippen molar-refractivity contribution in [2.45, 2.75) is 0 Å². The second-order valence-corrected chi connectivity index (χ2v) is 2.60.